The van der Waals surface area contributed by atoms with Gasteiger partial charge in [0.2, 0.25) is 10.0 Å². The summed E-state index contributed by atoms with van der Waals surface area (Å²) in [5.41, 5.74) is 0.951. The summed E-state index contributed by atoms with van der Waals surface area (Å²) in [5, 5.41) is 6.22. The summed E-state index contributed by atoms with van der Waals surface area (Å²) >= 11 is 0. The van der Waals surface area contributed by atoms with Crippen LogP contribution in [0.5, 0.6) is 5.75 Å². The second kappa shape index (κ2) is 14.6. The first kappa shape index (κ1) is 26.7. The number of ether oxygens (including phenoxy) is 1. The third-order valence-corrected chi connectivity index (χ3v) is 5.86. The number of hydrogen-bond acceptors (Lipinski definition) is 4. The Labute approximate surface area is 186 Å². The number of aliphatic imine (C=N–C) groups is 1. The first-order valence-electron chi connectivity index (χ1n) is 9.30. The predicted octanol–water partition coefficient (Wildman–Crippen LogP) is 2.60. The minimum Gasteiger partial charge on any atom is -0.489 e. The molecule has 0 saturated carbocycles. The highest BCUT2D eigenvalue weighted by Gasteiger charge is 2.18. The monoisotopic (exact) mass is 524 g/mol. The molecule has 0 atom stereocenters. The maximum absolute atomic E-state index is 12.3. The van der Waals surface area contributed by atoms with Crippen molar-refractivity contribution < 1.29 is 13.2 Å². The van der Waals surface area contributed by atoms with Gasteiger partial charge in [-0.1, -0.05) is 44.7 Å². The van der Waals surface area contributed by atoms with Gasteiger partial charge >= 0.3 is 0 Å². The molecule has 0 unspecified atom stereocenters. The first-order valence-corrected chi connectivity index (χ1v) is 10.9. The lowest BCUT2D eigenvalue weighted by Gasteiger charge is -2.19. The van der Waals surface area contributed by atoms with Gasteiger partial charge in [0.15, 0.2) is 5.96 Å². The molecular weight excluding hydrogens is 491 g/mol. The number of nitrogens with one attached hydrogen (secondary N) is 2. The largest absolute Gasteiger partial charge is 0.489 e. The third-order valence-electron chi connectivity index (χ3n) is 3.83. The van der Waals surface area contributed by atoms with Crippen molar-refractivity contribution in [3.05, 3.63) is 42.5 Å². The summed E-state index contributed by atoms with van der Waals surface area (Å²) in [7, 11) is -3.26. The maximum Gasteiger partial charge on any atom is 0.215 e. The Hall–Kier alpha value is -1.33. The van der Waals surface area contributed by atoms with Gasteiger partial charge in [-0.2, -0.15) is 0 Å². The molecule has 0 radical (unpaired) electrons. The van der Waals surface area contributed by atoms with Crippen LogP contribution in [0.3, 0.4) is 0 Å². The molecule has 1 aromatic carbocycles. The van der Waals surface area contributed by atoms with Crippen LogP contribution in [-0.4, -0.2) is 57.2 Å². The fourth-order valence-corrected chi connectivity index (χ4v) is 3.88. The van der Waals surface area contributed by atoms with E-state index in [4.69, 9.17) is 4.74 Å². The van der Waals surface area contributed by atoms with Gasteiger partial charge in [0, 0.05) is 31.7 Å². The van der Waals surface area contributed by atoms with Gasteiger partial charge in [-0.25, -0.2) is 17.7 Å². The van der Waals surface area contributed by atoms with Gasteiger partial charge in [0.25, 0.3) is 0 Å². The van der Waals surface area contributed by atoms with Crippen molar-refractivity contribution in [1.29, 1.82) is 0 Å². The smallest absolute Gasteiger partial charge is 0.215 e. The molecule has 1 aromatic rings. The Morgan fingerprint density at radius 3 is 2.50 bits per heavy atom. The van der Waals surface area contributed by atoms with Crippen LogP contribution in [0, 0.1) is 0 Å². The minimum absolute atomic E-state index is 0. The Kier molecular flexibility index (Phi) is 13.9. The second-order valence-corrected chi connectivity index (χ2v) is 7.82. The quantitative estimate of drug-likeness (QED) is 0.190. The first-order chi connectivity index (χ1) is 13.0. The highest BCUT2D eigenvalue weighted by molar-refractivity contribution is 14.0. The summed E-state index contributed by atoms with van der Waals surface area (Å²) in [5.74, 6) is 1.37. The van der Waals surface area contributed by atoms with Gasteiger partial charge in [-0.05, 0) is 13.0 Å². The number of benzene rings is 1. The Morgan fingerprint density at radius 1 is 1.21 bits per heavy atom. The summed E-state index contributed by atoms with van der Waals surface area (Å²) in [6.07, 6.45) is 1.70. The van der Waals surface area contributed by atoms with Crippen molar-refractivity contribution in [2.75, 3.05) is 38.5 Å². The number of halogens is 1. The molecule has 0 bridgehead atoms. The Morgan fingerprint density at radius 2 is 1.89 bits per heavy atom. The molecule has 0 saturated heterocycles. The van der Waals surface area contributed by atoms with E-state index in [1.54, 1.807) is 6.08 Å². The molecule has 0 fully saturated rings. The fraction of sp³-hybridized carbons (Fsp3) is 0.526. The Balaban J connectivity index is 0.00000729. The standard InChI is InChI=1S/C19H32N4O3S.HI/c1-5-14-26-18-12-10-9-11-17(18)16-22-19(20-6-2)21-13-15-27(24,25)23(7-3)8-4;/h5,9-12H,1,6-8,13-16H2,2-4H3,(H2,20,21,22);1H. The normalized spacial score (nSPS) is 11.6. The molecule has 1 rings (SSSR count). The molecule has 0 aliphatic heterocycles. The van der Waals surface area contributed by atoms with Crippen molar-refractivity contribution in [2.24, 2.45) is 4.99 Å². The average Bonchev–Trinajstić information content (AvgIpc) is 2.65. The van der Waals surface area contributed by atoms with Crippen molar-refractivity contribution in [2.45, 2.75) is 27.3 Å². The van der Waals surface area contributed by atoms with Crippen LogP contribution in [0.4, 0.5) is 0 Å². The summed E-state index contributed by atoms with van der Waals surface area (Å²) in [4.78, 5) is 4.54. The van der Waals surface area contributed by atoms with Crippen molar-refractivity contribution >= 4 is 40.0 Å². The molecule has 0 spiro atoms. The van der Waals surface area contributed by atoms with Crippen LogP contribution in [0.15, 0.2) is 41.9 Å². The van der Waals surface area contributed by atoms with E-state index in [-0.39, 0.29) is 29.7 Å². The van der Waals surface area contributed by atoms with E-state index in [0.717, 1.165) is 11.3 Å². The number of rotatable bonds is 12. The summed E-state index contributed by atoms with van der Waals surface area (Å²) in [6.45, 7) is 12.1. The van der Waals surface area contributed by atoms with Crippen LogP contribution in [0.1, 0.15) is 26.3 Å². The Bertz CT molecular complexity index is 707. The lowest BCUT2D eigenvalue weighted by molar-refractivity contribution is 0.359. The zero-order chi connectivity index (χ0) is 20.1. The van der Waals surface area contributed by atoms with E-state index in [2.05, 4.69) is 22.2 Å². The molecule has 0 heterocycles. The minimum atomic E-state index is -3.26. The molecule has 0 aliphatic carbocycles. The van der Waals surface area contributed by atoms with Crippen molar-refractivity contribution in [1.82, 2.24) is 14.9 Å². The predicted molar refractivity (Wildman–Crippen MR) is 127 cm³/mol. The summed E-state index contributed by atoms with van der Waals surface area (Å²) in [6, 6.07) is 7.69. The summed E-state index contributed by atoms with van der Waals surface area (Å²) < 4.78 is 31.6. The van der Waals surface area contributed by atoms with E-state index < -0.39 is 10.0 Å². The van der Waals surface area contributed by atoms with Gasteiger partial charge in [0.05, 0.1) is 12.3 Å². The molecule has 160 valence electrons. The number of guanidine groups is 1. The van der Waals surface area contributed by atoms with Crippen molar-refractivity contribution in [3.8, 4) is 5.75 Å². The number of sulfonamides is 1. The molecule has 9 heteroatoms. The molecule has 28 heavy (non-hydrogen) atoms. The highest BCUT2D eigenvalue weighted by atomic mass is 127. The molecule has 0 aliphatic rings. The van der Waals surface area contributed by atoms with Crippen LogP contribution < -0.4 is 15.4 Å². The topological polar surface area (TPSA) is 83.0 Å². The fourth-order valence-electron chi connectivity index (χ4n) is 2.47. The molecular formula is C19H33IN4O3S. The second-order valence-electron chi connectivity index (χ2n) is 5.73. The van der Waals surface area contributed by atoms with Gasteiger partial charge in [-0.15, -0.1) is 24.0 Å². The number of hydrogen-bond donors (Lipinski definition) is 2. The van der Waals surface area contributed by atoms with Crippen LogP contribution >= 0.6 is 24.0 Å². The average molecular weight is 524 g/mol. The van der Waals surface area contributed by atoms with Crippen LogP contribution in [0.25, 0.3) is 0 Å². The molecule has 7 nitrogen and oxygen atoms in total. The zero-order valence-corrected chi connectivity index (χ0v) is 20.1. The van der Waals surface area contributed by atoms with E-state index in [1.807, 2.05) is 45.0 Å². The third kappa shape index (κ3) is 9.24. The lowest BCUT2D eigenvalue weighted by Crippen LogP contribution is -2.42. The maximum atomic E-state index is 12.3. The molecule has 0 amide bonds. The number of para-hydroxylation sites is 1. The van der Waals surface area contributed by atoms with Crippen molar-refractivity contribution in [3.63, 3.8) is 0 Å². The van der Waals surface area contributed by atoms with E-state index in [1.165, 1.54) is 4.31 Å². The SMILES string of the molecule is C=CCOc1ccccc1CN=C(NCC)NCCS(=O)(=O)N(CC)CC.I. The highest BCUT2D eigenvalue weighted by Crippen LogP contribution is 2.18. The van der Waals surface area contributed by atoms with Gasteiger partial charge in [-0.3, -0.25) is 0 Å². The van der Waals surface area contributed by atoms with Gasteiger partial charge in [0.1, 0.15) is 12.4 Å². The zero-order valence-electron chi connectivity index (χ0n) is 17.0. The van der Waals surface area contributed by atoms with Crippen LogP contribution in [0.2, 0.25) is 0 Å². The number of nitrogens with zero attached hydrogens (tertiary/aromatic N) is 2. The molecule has 0 aromatic heterocycles. The van der Waals surface area contributed by atoms with Crippen LogP contribution in [-0.2, 0) is 16.6 Å². The van der Waals surface area contributed by atoms with E-state index in [9.17, 15) is 8.42 Å². The lowest BCUT2D eigenvalue weighted by atomic mass is 10.2. The van der Waals surface area contributed by atoms with E-state index >= 15 is 0 Å². The van der Waals surface area contributed by atoms with E-state index in [0.29, 0.717) is 45.3 Å². The molecule has 2 N–H and O–H groups in total. The van der Waals surface area contributed by atoms with Gasteiger partial charge < -0.3 is 15.4 Å².